The molecule has 3 rings (SSSR count). The fourth-order valence-electron chi connectivity index (χ4n) is 3.58. The molecule has 0 radical (unpaired) electrons. The zero-order valence-corrected chi connectivity index (χ0v) is 13.7. The van der Waals surface area contributed by atoms with Gasteiger partial charge < -0.3 is 15.1 Å². The number of hydrogen-bond acceptors (Lipinski definition) is 2. The van der Waals surface area contributed by atoms with E-state index in [0.717, 1.165) is 38.0 Å². The van der Waals surface area contributed by atoms with E-state index in [9.17, 15) is 9.59 Å². The average molecular weight is 315 g/mol. The van der Waals surface area contributed by atoms with Gasteiger partial charge in [0.05, 0.1) is 0 Å². The second-order valence-electron chi connectivity index (χ2n) is 6.68. The van der Waals surface area contributed by atoms with Crippen LogP contribution in [0, 0.1) is 5.92 Å². The molecule has 1 aromatic carbocycles. The van der Waals surface area contributed by atoms with Crippen molar-refractivity contribution < 1.29 is 9.59 Å². The molecule has 3 amide bonds. The highest BCUT2D eigenvalue weighted by Gasteiger charge is 2.37. The van der Waals surface area contributed by atoms with Crippen LogP contribution in [0.15, 0.2) is 30.3 Å². The molecule has 5 heteroatoms. The van der Waals surface area contributed by atoms with Crippen LogP contribution < -0.4 is 5.32 Å². The van der Waals surface area contributed by atoms with E-state index < -0.39 is 0 Å². The largest absolute Gasteiger partial charge is 0.341 e. The minimum absolute atomic E-state index is 0.122. The van der Waals surface area contributed by atoms with Crippen LogP contribution >= 0.6 is 0 Å². The third-order valence-electron chi connectivity index (χ3n) is 4.79. The molecule has 2 aliphatic heterocycles. The van der Waals surface area contributed by atoms with Crippen LogP contribution in [0.4, 0.5) is 10.5 Å². The van der Waals surface area contributed by atoms with Crippen molar-refractivity contribution in [2.75, 3.05) is 25.0 Å². The normalized spacial score (nSPS) is 24.6. The van der Waals surface area contributed by atoms with Gasteiger partial charge in [-0.15, -0.1) is 0 Å². The van der Waals surface area contributed by atoms with Gasteiger partial charge in [0.15, 0.2) is 0 Å². The molecule has 0 aromatic heterocycles. The minimum atomic E-state index is -0.302. The van der Waals surface area contributed by atoms with Gasteiger partial charge in [0, 0.05) is 25.3 Å². The second kappa shape index (κ2) is 7.02. The number of rotatable bonds is 2. The molecule has 0 saturated carbocycles. The number of para-hydroxylation sites is 1. The zero-order chi connectivity index (χ0) is 16.2. The Morgan fingerprint density at radius 3 is 2.57 bits per heavy atom. The van der Waals surface area contributed by atoms with E-state index in [4.69, 9.17) is 0 Å². The summed E-state index contributed by atoms with van der Waals surface area (Å²) in [6.45, 7) is 4.49. The predicted octanol–water partition coefficient (Wildman–Crippen LogP) is 2.94. The third-order valence-corrected chi connectivity index (χ3v) is 4.79. The van der Waals surface area contributed by atoms with Crippen LogP contribution in [0.1, 0.15) is 32.6 Å². The molecule has 0 bridgehead atoms. The fourth-order valence-corrected chi connectivity index (χ4v) is 3.58. The first kappa shape index (κ1) is 15.8. The minimum Gasteiger partial charge on any atom is -0.341 e. The summed E-state index contributed by atoms with van der Waals surface area (Å²) in [4.78, 5) is 29.0. The van der Waals surface area contributed by atoms with Crippen molar-refractivity contribution in [3.05, 3.63) is 30.3 Å². The van der Waals surface area contributed by atoms with Crippen molar-refractivity contribution in [3.8, 4) is 0 Å². The molecule has 2 fully saturated rings. The highest BCUT2D eigenvalue weighted by Crippen LogP contribution is 2.24. The van der Waals surface area contributed by atoms with Crippen molar-refractivity contribution >= 4 is 17.6 Å². The molecule has 2 saturated heterocycles. The maximum absolute atomic E-state index is 12.8. The summed E-state index contributed by atoms with van der Waals surface area (Å²) >= 11 is 0. The Balaban J connectivity index is 1.65. The van der Waals surface area contributed by atoms with Crippen molar-refractivity contribution in [3.63, 3.8) is 0 Å². The predicted molar refractivity (Wildman–Crippen MR) is 90.2 cm³/mol. The van der Waals surface area contributed by atoms with Gasteiger partial charge in [-0.3, -0.25) is 4.79 Å². The topological polar surface area (TPSA) is 52.7 Å². The quantitative estimate of drug-likeness (QED) is 0.912. The number of urea groups is 1. The van der Waals surface area contributed by atoms with E-state index >= 15 is 0 Å². The fraction of sp³-hybridized carbons (Fsp3) is 0.556. The van der Waals surface area contributed by atoms with Crippen LogP contribution in [0.5, 0.6) is 0 Å². The summed E-state index contributed by atoms with van der Waals surface area (Å²) in [7, 11) is 0. The molecule has 2 heterocycles. The van der Waals surface area contributed by atoms with E-state index in [0.29, 0.717) is 12.5 Å². The first-order valence-corrected chi connectivity index (χ1v) is 8.56. The summed E-state index contributed by atoms with van der Waals surface area (Å²) in [5, 5.41) is 2.90. The van der Waals surface area contributed by atoms with Gasteiger partial charge in [0.25, 0.3) is 0 Å². The maximum Gasteiger partial charge on any atom is 0.322 e. The molecule has 2 aliphatic rings. The Bertz CT molecular complexity index is 561. The highest BCUT2D eigenvalue weighted by atomic mass is 16.2. The number of anilines is 1. The van der Waals surface area contributed by atoms with Crippen LogP contribution in [-0.4, -0.2) is 47.4 Å². The first-order valence-electron chi connectivity index (χ1n) is 8.56. The third kappa shape index (κ3) is 3.66. The molecule has 2 atom stereocenters. The Labute approximate surface area is 137 Å². The summed E-state index contributed by atoms with van der Waals surface area (Å²) in [6.07, 6.45) is 3.91. The van der Waals surface area contributed by atoms with Gasteiger partial charge in [-0.1, -0.05) is 25.1 Å². The average Bonchev–Trinajstić information content (AvgIpc) is 3.05. The van der Waals surface area contributed by atoms with Gasteiger partial charge >= 0.3 is 6.03 Å². The summed E-state index contributed by atoms with van der Waals surface area (Å²) in [6, 6.07) is 8.93. The summed E-state index contributed by atoms with van der Waals surface area (Å²) in [5.41, 5.74) is 0.766. The van der Waals surface area contributed by atoms with Crippen LogP contribution in [0.3, 0.4) is 0 Å². The van der Waals surface area contributed by atoms with E-state index in [1.165, 1.54) is 6.42 Å². The molecule has 0 unspecified atom stereocenters. The monoisotopic (exact) mass is 315 g/mol. The number of hydrogen-bond donors (Lipinski definition) is 1. The van der Waals surface area contributed by atoms with Gasteiger partial charge in [-0.25, -0.2) is 4.79 Å². The molecular formula is C18H25N3O2. The van der Waals surface area contributed by atoms with E-state index in [-0.39, 0.29) is 18.0 Å². The number of likely N-dealkylation sites (tertiary alicyclic amines) is 2. The molecule has 124 valence electrons. The van der Waals surface area contributed by atoms with E-state index in [1.807, 2.05) is 35.2 Å². The molecule has 0 aliphatic carbocycles. The zero-order valence-electron chi connectivity index (χ0n) is 13.7. The molecule has 1 aromatic rings. The number of nitrogens with one attached hydrogen (secondary N) is 1. The Morgan fingerprint density at radius 2 is 1.83 bits per heavy atom. The first-order chi connectivity index (χ1) is 11.1. The lowest BCUT2D eigenvalue weighted by Crippen LogP contribution is -2.51. The Hall–Kier alpha value is -2.04. The lowest BCUT2D eigenvalue weighted by Gasteiger charge is -2.35. The van der Waals surface area contributed by atoms with Crippen LogP contribution in [0.25, 0.3) is 0 Å². The van der Waals surface area contributed by atoms with Gasteiger partial charge in [-0.2, -0.15) is 0 Å². The van der Waals surface area contributed by atoms with Crippen LogP contribution in [0.2, 0.25) is 0 Å². The van der Waals surface area contributed by atoms with Gasteiger partial charge in [-0.05, 0) is 43.7 Å². The number of amides is 3. The molecule has 23 heavy (non-hydrogen) atoms. The number of nitrogens with zero attached hydrogens (tertiary/aromatic N) is 2. The van der Waals surface area contributed by atoms with Crippen molar-refractivity contribution in [1.29, 1.82) is 0 Å². The molecule has 1 N–H and O–H groups in total. The van der Waals surface area contributed by atoms with E-state index in [2.05, 4.69) is 12.2 Å². The summed E-state index contributed by atoms with van der Waals surface area (Å²) in [5.74, 6) is 0.679. The van der Waals surface area contributed by atoms with Gasteiger partial charge in [0.1, 0.15) is 6.04 Å². The lowest BCUT2D eigenvalue weighted by atomic mass is 9.99. The standard InChI is InChI=1S/C18H25N3O2/c1-14-7-5-11-20(13-14)17(22)16-10-6-12-21(16)18(23)19-15-8-3-2-4-9-15/h2-4,8-9,14,16H,5-7,10-13H2,1H3,(H,19,23)/t14-,16+/m0/s1. The van der Waals surface area contributed by atoms with E-state index in [1.54, 1.807) is 4.90 Å². The molecule has 0 spiro atoms. The Kier molecular flexibility index (Phi) is 4.84. The number of carbonyl (C=O) groups is 2. The Morgan fingerprint density at radius 1 is 1.09 bits per heavy atom. The summed E-state index contributed by atoms with van der Waals surface area (Å²) < 4.78 is 0. The van der Waals surface area contributed by atoms with Crippen molar-refractivity contribution in [2.24, 2.45) is 5.92 Å². The lowest BCUT2D eigenvalue weighted by molar-refractivity contribution is -0.136. The van der Waals surface area contributed by atoms with Crippen molar-refractivity contribution in [2.45, 2.75) is 38.6 Å². The number of benzene rings is 1. The highest BCUT2D eigenvalue weighted by molar-refractivity contribution is 5.94. The number of piperidine rings is 1. The SMILES string of the molecule is C[C@H]1CCCN(C(=O)[C@H]2CCCN2C(=O)Nc2ccccc2)C1. The smallest absolute Gasteiger partial charge is 0.322 e. The number of carbonyl (C=O) groups excluding carboxylic acids is 2. The molecule has 5 nitrogen and oxygen atoms in total. The maximum atomic E-state index is 12.8. The van der Waals surface area contributed by atoms with Crippen LogP contribution in [-0.2, 0) is 4.79 Å². The second-order valence-corrected chi connectivity index (χ2v) is 6.68. The molecular weight excluding hydrogens is 290 g/mol. The van der Waals surface area contributed by atoms with Gasteiger partial charge in [0.2, 0.25) is 5.91 Å². The van der Waals surface area contributed by atoms with Crippen molar-refractivity contribution in [1.82, 2.24) is 9.80 Å².